The number of benzene rings is 4. The maximum Gasteiger partial charge on any atom is 0.264 e. The number of ether oxygens (including phenoxy) is 2. The van der Waals surface area contributed by atoms with Gasteiger partial charge in [-0.15, -0.1) is 0 Å². The van der Waals surface area contributed by atoms with Crippen molar-refractivity contribution in [2.75, 3.05) is 24.7 Å². The number of amides is 2. The van der Waals surface area contributed by atoms with E-state index in [1.54, 1.807) is 54.6 Å². The number of hydrogen-bond donors (Lipinski definition) is 1. The Hall–Kier alpha value is -5.72. The van der Waals surface area contributed by atoms with Crippen LogP contribution in [0.2, 0.25) is 5.02 Å². The van der Waals surface area contributed by atoms with Gasteiger partial charge < -0.3 is 24.0 Å². The lowest BCUT2D eigenvalue weighted by Crippen LogP contribution is -2.36. The summed E-state index contributed by atoms with van der Waals surface area (Å²) in [4.78, 5) is 35.8. The molecule has 8 rings (SSSR count). The first kappa shape index (κ1) is 30.9. The second-order valence-electron chi connectivity index (χ2n) is 11.8. The number of hydrogen-bond acceptors (Lipinski definition) is 5. The normalized spacial score (nSPS) is 14.5. The second kappa shape index (κ2) is 12.5. The van der Waals surface area contributed by atoms with Gasteiger partial charge in [0.05, 0.1) is 12.1 Å². The van der Waals surface area contributed by atoms with Crippen molar-refractivity contribution < 1.29 is 24.2 Å². The van der Waals surface area contributed by atoms with E-state index in [1.165, 1.54) is 17.0 Å². The van der Waals surface area contributed by atoms with Crippen molar-refractivity contribution >= 4 is 40.5 Å². The third kappa shape index (κ3) is 5.61. The van der Waals surface area contributed by atoms with Crippen LogP contribution in [0, 0.1) is 13.5 Å². The Kier molecular flexibility index (Phi) is 8.03. The maximum atomic E-state index is 14.7. The van der Waals surface area contributed by atoms with Crippen molar-refractivity contribution in [3.05, 3.63) is 129 Å². The van der Waals surface area contributed by atoms with Crippen molar-refractivity contribution in [1.29, 1.82) is 0 Å². The molecule has 0 radical (unpaired) electrons. The van der Waals surface area contributed by atoms with E-state index in [9.17, 15) is 14.7 Å². The van der Waals surface area contributed by atoms with E-state index in [1.807, 2.05) is 41.6 Å². The summed E-state index contributed by atoms with van der Waals surface area (Å²) in [5, 5.41) is 10.5. The van der Waals surface area contributed by atoms with Crippen molar-refractivity contribution in [1.82, 2.24) is 9.47 Å². The van der Waals surface area contributed by atoms with Crippen LogP contribution in [0.1, 0.15) is 37.5 Å². The number of aromatic nitrogens is 1. The number of halogens is 1. The van der Waals surface area contributed by atoms with Gasteiger partial charge in [0.2, 0.25) is 0 Å². The number of aromatic hydroxyl groups is 1. The molecule has 3 aliphatic heterocycles. The Bertz CT molecular complexity index is 2130. The van der Waals surface area contributed by atoms with Gasteiger partial charge in [0.1, 0.15) is 30.5 Å². The lowest BCUT2D eigenvalue weighted by atomic mass is 9.96. The number of rotatable bonds is 1. The molecule has 48 heavy (non-hydrogen) atoms. The molecule has 0 saturated heterocycles. The van der Waals surface area contributed by atoms with Crippen LogP contribution in [0.4, 0.5) is 17.1 Å². The molecule has 4 heterocycles. The fraction of sp³-hybridized carbons (Fsp3) is 0.184. The third-order valence-corrected chi connectivity index (χ3v) is 9.18. The van der Waals surface area contributed by atoms with Crippen molar-refractivity contribution in [2.24, 2.45) is 7.05 Å². The summed E-state index contributed by atoms with van der Waals surface area (Å²) in [6.07, 6.45) is 0.631. The van der Waals surface area contributed by atoms with Crippen molar-refractivity contribution in [2.45, 2.75) is 19.9 Å². The molecule has 0 spiro atoms. The zero-order chi connectivity index (χ0) is 33.5. The monoisotopic (exact) mass is 658 g/mol. The van der Waals surface area contributed by atoms with Crippen LogP contribution in [0.15, 0.2) is 84.9 Å². The standard InChI is InChI=1S/C38H31ClN4O5/c1-23-33-21-35(41(23)3)34-17-25(39)7-12-32(34)37(45)42-14-13-31-24(22-42)5-4-6-36(31)48-16-15-47-30-19-26(40-2)18-28(20-30)43(38(33)46)27-8-10-29(44)11-9-27/h4-12,17-21,44H,13-16,22H2,1,3H3. The van der Waals surface area contributed by atoms with Gasteiger partial charge >= 0.3 is 0 Å². The fourth-order valence-corrected chi connectivity index (χ4v) is 6.58. The topological polar surface area (TPSA) is 88.6 Å². The smallest absolute Gasteiger partial charge is 0.264 e. The number of carbonyl (C=O) groups excluding carboxylic acids is 2. The van der Waals surface area contributed by atoms with Gasteiger partial charge in [0, 0.05) is 70.7 Å². The van der Waals surface area contributed by atoms with E-state index >= 15 is 0 Å². The van der Waals surface area contributed by atoms with E-state index in [0.29, 0.717) is 69.7 Å². The number of phenols is 1. The summed E-state index contributed by atoms with van der Waals surface area (Å²) in [5.41, 5.74) is 6.04. The van der Waals surface area contributed by atoms with Gasteiger partial charge in [-0.25, -0.2) is 4.85 Å². The first-order valence-electron chi connectivity index (χ1n) is 15.5. The summed E-state index contributed by atoms with van der Waals surface area (Å²) >= 11 is 6.53. The molecule has 1 aromatic heterocycles. The molecule has 9 nitrogen and oxygen atoms in total. The van der Waals surface area contributed by atoms with Gasteiger partial charge in [0.25, 0.3) is 11.8 Å². The number of anilines is 2. The summed E-state index contributed by atoms with van der Waals surface area (Å²) < 4.78 is 14.1. The van der Waals surface area contributed by atoms with Gasteiger partial charge in [-0.05, 0) is 85.6 Å². The third-order valence-electron chi connectivity index (χ3n) is 8.95. The van der Waals surface area contributed by atoms with Crippen LogP contribution in [-0.2, 0) is 20.0 Å². The molecule has 10 heteroatoms. The molecule has 240 valence electrons. The van der Waals surface area contributed by atoms with Crippen LogP contribution in [0.25, 0.3) is 16.1 Å². The number of nitrogens with zero attached hydrogens (tertiary/aromatic N) is 4. The molecule has 8 bridgehead atoms. The zero-order valence-corrected chi connectivity index (χ0v) is 27.1. The minimum Gasteiger partial charge on any atom is -0.508 e. The fourth-order valence-electron chi connectivity index (χ4n) is 6.40. The van der Waals surface area contributed by atoms with Crippen molar-refractivity contribution in [3.63, 3.8) is 0 Å². The van der Waals surface area contributed by atoms with E-state index in [2.05, 4.69) is 4.85 Å². The quantitative estimate of drug-likeness (QED) is 0.185. The first-order valence-corrected chi connectivity index (χ1v) is 15.9. The highest BCUT2D eigenvalue weighted by Crippen LogP contribution is 2.38. The molecule has 5 aromatic rings. The van der Waals surface area contributed by atoms with Gasteiger partial charge in [-0.2, -0.15) is 0 Å². The maximum absolute atomic E-state index is 14.7. The molecule has 4 aromatic carbocycles. The molecular formula is C38H31ClN4O5. The lowest BCUT2D eigenvalue weighted by Gasteiger charge is -2.30. The van der Waals surface area contributed by atoms with Crippen LogP contribution < -0.4 is 14.4 Å². The Morgan fingerprint density at radius 1 is 0.854 bits per heavy atom. The predicted molar refractivity (Wildman–Crippen MR) is 184 cm³/mol. The van der Waals surface area contributed by atoms with Gasteiger partial charge in [-0.1, -0.05) is 23.7 Å². The number of phenolic OH excluding ortho intramolecular Hbond substituents is 1. The SMILES string of the molecule is [C-]#[N+]c1cc2cc(c1)N(c1ccc(O)cc1)C(=O)c1cc(n(C)c1C)-c1cc(Cl)ccc1C(=O)N1CCc3c(cccc3OCCO2)C1. The number of fused-ring (bicyclic) bond motifs is 5. The highest BCUT2D eigenvalue weighted by molar-refractivity contribution is 6.31. The largest absolute Gasteiger partial charge is 0.508 e. The number of carbonyl (C=O) groups is 2. The molecular weight excluding hydrogens is 628 g/mol. The van der Waals surface area contributed by atoms with Crippen LogP contribution >= 0.6 is 11.6 Å². The highest BCUT2D eigenvalue weighted by atomic mass is 35.5. The molecule has 3 aliphatic rings. The Labute approximate surface area is 282 Å². The van der Waals surface area contributed by atoms with Gasteiger partial charge in [-0.3, -0.25) is 14.5 Å². The molecule has 0 fully saturated rings. The average molecular weight is 659 g/mol. The van der Waals surface area contributed by atoms with E-state index < -0.39 is 0 Å². The molecule has 1 N–H and O–H groups in total. The molecule has 0 atom stereocenters. The Balaban J connectivity index is 1.42. The zero-order valence-electron chi connectivity index (χ0n) is 26.4. The van der Waals surface area contributed by atoms with Crippen LogP contribution in [-0.4, -0.2) is 46.1 Å². The molecule has 2 amide bonds. The minimum absolute atomic E-state index is 0.0467. The average Bonchev–Trinajstić information content (AvgIpc) is 3.39. The predicted octanol–water partition coefficient (Wildman–Crippen LogP) is 7.86. The van der Waals surface area contributed by atoms with Gasteiger partial charge in [0.15, 0.2) is 5.69 Å². The summed E-state index contributed by atoms with van der Waals surface area (Å²) in [6.45, 7) is 11.0. The minimum atomic E-state index is -0.372. The summed E-state index contributed by atoms with van der Waals surface area (Å²) in [6, 6.07) is 24.1. The molecule has 0 saturated carbocycles. The first-order chi connectivity index (χ1) is 23.2. The summed E-state index contributed by atoms with van der Waals surface area (Å²) in [5.74, 6) is 0.693. The van der Waals surface area contributed by atoms with E-state index in [-0.39, 0.29) is 36.5 Å². The van der Waals surface area contributed by atoms with Crippen LogP contribution in [0.5, 0.6) is 17.2 Å². The van der Waals surface area contributed by atoms with E-state index in [4.69, 9.17) is 27.6 Å². The second-order valence-corrected chi connectivity index (χ2v) is 12.2. The lowest BCUT2D eigenvalue weighted by molar-refractivity contribution is 0.0734. The van der Waals surface area contributed by atoms with Crippen molar-refractivity contribution in [3.8, 4) is 28.5 Å². The highest BCUT2D eigenvalue weighted by Gasteiger charge is 2.29. The Morgan fingerprint density at radius 3 is 2.44 bits per heavy atom. The van der Waals surface area contributed by atoms with E-state index in [0.717, 1.165) is 16.9 Å². The molecule has 0 unspecified atom stereocenters. The molecule has 0 aliphatic carbocycles. The van der Waals surface area contributed by atoms with Crippen LogP contribution in [0.3, 0.4) is 0 Å². The Morgan fingerprint density at radius 2 is 1.65 bits per heavy atom. The summed E-state index contributed by atoms with van der Waals surface area (Å²) in [7, 11) is 1.85.